The SMILES string of the molecule is CCN(C(=O)COC(=O)/C=C/c1cn(-c2ccccc2)nc1-c1cccs1)C1CCS(=O)(=O)C1. The molecule has 0 bridgehead atoms. The Kier molecular flexibility index (Phi) is 7.28. The molecule has 1 aliphatic heterocycles. The van der Waals surface area contributed by atoms with Gasteiger partial charge in [-0.15, -0.1) is 11.3 Å². The van der Waals surface area contributed by atoms with Gasteiger partial charge in [0.2, 0.25) is 0 Å². The molecule has 3 aromatic rings. The highest BCUT2D eigenvalue weighted by Gasteiger charge is 2.34. The molecule has 0 aliphatic carbocycles. The molecule has 34 heavy (non-hydrogen) atoms. The minimum absolute atomic E-state index is 0.0443. The van der Waals surface area contributed by atoms with Crippen molar-refractivity contribution in [1.82, 2.24) is 14.7 Å². The summed E-state index contributed by atoms with van der Waals surface area (Å²) < 4.78 is 30.4. The minimum atomic E-state index is -3.12. The van der Waals surface area contributed by atoms with Crippen LogP contribution in [0.3, 0.4) is 0 Å². The molecule has 1 aromatic carbocycles. The van der Waals surface area contributed by atoms with Crippen LogP contribution in [0.25, 0.3) is 22.3 Å². The van der Waals surface area contributed by atoms with E-state index in [0.717, 1.165) is 21.8 Å². The fourth-order valence-corrected chi connectivity index (χ4v) is 6.37. The monoisotopic (exact) mass is 499 g/mol. The maximum Gasteiger partial charge on any atom is 0.331 e. The van der Waals surface area contributed by atoms with Crippen LogP contribution in [-0.2, 0) is 24.2 Å². The van der Waals surface area contributed by atoms with Crippen LogP contribution in [0.15, 0.2) is 60.1 Å². The molecule has 1 amide bonds. The Morgan fingerprint density at radius 1 is 1.24 bits per heavy atom. The number of amides is 1. The first-order chi connectivity index (χ1) is 16.4. The summed E-state index contributed by atoms with van der Waals surface area (Å²) in [6.07, 6.45) is 5.13. The van der Waals surface area contributed by atoms with E-state index >= 15 is 0 Å². The molecule has 8 nitrogen and oxygen atoms in total. The van der Waals surface area contributed by atoms with Crippen LogP contribution in [0.4, 0.5) is 0 Å². The Balaban J connectivity index is 1.43. The average Bonchev–Trinajstić information content (AvgIpc) is 3.57. The Labute approximate surface area is 202 Å². The van der Waals surface area contributed by atoms with Crippen molar-refractivity contribution in [3.05, 3.63) is 65.7 Å². The number of esters is 1. The van der Waals surface area contributed by atoms with Gasteiger partial charge in [0.05, 0.1) is 22.1 Å². The van der Waals surface area contributed by atoms with Crippen LogP contribution >= 0.6 is 11.3 Å². The summed E-state index contributed by atoms with van der Waals surface area (Å²) in [4.78, 5) is 27.3. The van der Waals surface area contributed by atoms with Crippen LogP contribution in [-0.4, -0.2) is 65.7 Å². The number of likely N-dealkylation sites (N-methyl/N-ethyl adjacent to an activating group) is 1. The Bertz CT molecular complexity index is 1280. The number of nitrogens with zero attached hydrogens (tertiary/aromatic N) is 3. The number of benzene rings is 1. The molecular weight excluding hydrogens is 474 g/mol. The largest absolute Gasteiger partial charge is 0.452 e. The highest BCUT2D eigenvalue weighted by atomic mass is 32.2. The first kappa shape index (κ1) is 23.9. The van der Waals surface area contributed by atoms with Crippen LogP contribution in [0.5, 0.6) is 0 Å². The van der Waals surface area contributed by atoms with E-state index in [4.69, 9.17) is 4.74 Å². The number of hydrogen-bond donors (Lipinski definition) is 0. The lowest BCUT2D eigenvalue weighted by Crippen LogP contribution is -2.43. The lowest BCUT2D eigenvalue weighted by Gasteiger charge is -2.26. The smallest absolute Gasteiger partial charge is 0.331 e. The van der Waals surface area contributed by atoms with Gasteiger partial charge >= 0.3 is 5.97 Å². The fraction of sp³-hybridized carbons (Fsp3) is 0.292. The van der Waals surface area contributed by atoms with Gasteiger partial charge in [-0.2, -0.15) is 5.10 Å². The molecular formula is C24H25N3O5S2. The van der Waals surface area contributed by atoms with Crippen molar-refractivity contribution in [2.45, 2.75) is 19.4 Å². The van der Waals surface area contributed by atoms with Gasteiger partial charge < -0.3 is 9.64 Å². The van der Waals surface area contributed by atoms with E-state index in [1.165, 1.54) is 11.0 Å². The van der Waals surface area contributed by atoms with Crippen molar-refractivity contribution < 1.29 is 22.7 Å². The summed E-state index contributed by atoms with van der Waals surface area (Å²) in [6, 6.07) is 13.2. The predicted molar refractivity (Wildman–Crippen MR) is 131 cm³/mol. The maximum absolute atomic E-state index is 12.5. The van der Waals surface area contributed by atoms with Gasteiger partial charge in [-0.3, -0.25) is 4.79 Å². The molecule has 1 fully saturated rings. The lowest BCUT2D eigenvalue weighted by molar-refractivity contribution is -0.149. The second-order valence-electron chi connectivity index (χ2n) is 7.87. The van der Waals surface area contributed by atoms with E-state index in [0.29, 0.717) is 13.0 Å². The van der Waals surface area contributed by atoms with Crippen LogP contribution < -0.4 is 0 Å². The molecule has 1 atom stereocenters. The minimum Gasteiger partial charge on any atom is -0.452 e. The molecule has 0 radical (unpaired) electrons. The number of thiophene rings is 1. The molecule has 0 spiro atoms. The molecule has 3 heterocycles. The van der Waals surface area contributed by atoms with E-state index in [-0.39, 0.29) is 17.5 Å². The number of ether oxygens (including phenoxy) is 1. The van der Waals surface area contributed by atoms with Gasteiger partial charge in [0.15, 0.2) is 16.4 Å². The Morgan fingerprint density at radius 2 is 2.03 bits per heavy atom. The zero-order valence-corrected chi connectivity index (χ0v) is 20.3. The van der Waals surface area contributed by atoms with E-state index in [1.807, 2.05) is 54.0 Å². The van der Waals surface area contributed by atoms with Gasteiger partial charge in [0.1, 0.15) is 5.69 Å². The molecule has 0 N–H and O–H groups in total. The van der Waals surface area contributed by atoms with Gasteiger partial charge in [0.25, 0.3) is 5.91 Å². The van der Waals surface area contributed by atoms with Crippen LogP contribution in [0.1, 0.15) is 18.9 Å². The number of para-hydroxylation sites is 1. The molecule has 1 saturated heterocycles. The number of aromatic nitrogens is 2. The number of sulfone groups is 1. The molecule has 2 aromatic heterocycles. The van der Waals surface area contributed by atoms with Crippen molar-refractivity contribution >= 4 is 39.1 Å². The Hall–Kier alpha value is -3.24. The summed E-state index contributed by atoms with van der Waals surface area (Å²) >= 11 is 1.55. The van der Waals surface area contributed by atoms with Crippen LogP contribution in [0, 0.1) is 0 Å². The van der Waals surface area contributed by atoms with Gasteiger partial charge in [-0.05, 0) is 43.0 Å². The second-order valence-corrected chi connectivity index (χ2v) is 11.0. The lowest BCUT2D eigenvalue weighted by atomic mass is 10.2. The topological polar surface area (TPSA) is 98.6 Å². The summed E-state index contributed by atoms with van der Waals surface area (Å²) in [5, 5.41) is 6.64. The number of hydrogen-bond acceptors (Lipinski definition) is 7. The molecule has 1 aliphatic rings. The van der Waals surface area contributed by atoms with Crippen molar-refractivity contribution in [2.24, 2.45) is 0 Å². The van der Waals surface area contributed by atoms with Gasteiger partial charge in [-0.1, -0.05) is 24.3 Å². The third-order valence-corrected chi connectivity index (χ3v) is 8.19. The van der Waals surface area contributed by atoms with Gasteiger partial charge in [-0.25, -0.2) is 17.9 Å². The molecule has 1 unspecified atom stereocenters. The standard InChI is InChI=1S/C24H25N3O5S2/c1-2-26(20-12-14-34(30,31)17-20)22(28)16-32-23(29)11-10-18-15-27(19-7-4-3-5-8-19)25-24(18)21-9-6-13-33-21/h3-11,13,15,20H,2,12,14,16-17H2,1H3/b11-10+. The molecule has 0 saturated carbocycles. The summed E-state index contributed by atoms with van der Waals surface area (Å²) in [5.74, 6) is -1.03. The van der Waals surface area contributed by atoms with Crippen molar-refractivity contribution in [3.63, 3.8) is 0 Å². The highest BCUT2D eigenvalue weighted by molar-refractivity contribution is 7.91. The second kappa shape index (κ2) is 10.4. The normalized spacial score (nSPS) is 17.1. The third kappa shape index (κ3) is 5.63. The first-order valence-corrected chi connectivity index (χ1v) is 13.6. The number of carbonyl (C=O) groups is 2. The molecule has 10 heteroatoms. The van der Waals surface area contributed by atoms with E-state index in [1.54, 1.807) is 29.0 Å². The molecule has 4 rings (SSSR count). The van der Waals surface area contributed by atoms with Gasteiger partial charge in [0, 0.05) is 30.4 Å². The number of rotatable bonds is 8. The van der Waals surface area contributed by atoms with Crippen LogP contribution in [0.2, 0.25) is 0 Å². The van der Waals surface area contributed by atoms with E-state index < -0.39 is 28.3 Å². The number of carbonyl (C=O) groups excluding carboxylic acids is 2. The zero-order valence-electron chi connectivity index (χ0n) is 18.7. The third-order valence-electron chi connectivity index (χ3n) is 5.56. The fourth-order valence-electron chi connectivity index (χ4n) is 3.91. The maximum atomic E-state index is 12.5. The average molecular weight is 500 g/mol. The highest BCUT2D eigenvalue weighted by Crippen LogP contribution is 2.28. The summed E-state index contributed by atoms with van der Waals surface area (Å²) in [5.41, 5.74) is 2.36. The first-order valence-electron chi connectivity index (χ1n) is 10.9. The predicted octanol–water partition coefficient (Wildman–Crippen LogP) is 3.19. The Morgan fingerprint density at radius 3 is 2.68 bits per heavy atom. The molecule has 178 valence electrons. The van der Waals surface area contributed by atoms with Crippen molar-refractivity contribution in [1.29, 1.82) is 0 Å². The zero-order chi connectivity index (χ0) is 24.1. The summed E-state index contributed by atoms with van der Waals surface area (Å²) in [6.45, 7) is 1.70. The summed E-state index contributed by atoms with van der Waals surface area (Å²) in [7, 11) is -3.12. The van der Waals surface area contributed by atoms with E-state index in [9.17, 15) is 18.0 Å². The van der Waals surface area contributed by atoms with Crippen molar-refractivity contribution in [2.75, 3.05) is 24.7 Å². The van der Waals surface area contributed by atoms with E-state index in [2.05, 4.69) is 5.10 Å². The van der Waals surface area contributed by atoms with Crippen molar-refractivity contribution in [3.8, 4) is 16.3 Å². The quantitative estimate of drug-likeness (QED) is 0.349.